The third-order valence-corrected chi connectivity index (χ3v) is 3.42. The first-order chi connectivity index (χ1) is 10.0. The van der Waals surface area contributed by atoms with Crippen molar-refractivity contribution in [2.24, 2.45) is 0 Å². The number of methoxy groups -OCH3 is 1. The van der Waals surface area contributed by atoms with Gasteiger partial charge >= 0.3 is 0 Å². The van der Waals surface area contributed by atoms with E-state index in [4.69, 9.17) is 4.74 Å². The minimum atomic E-state index is -0.224. The third kappa shape index (κ3) is 3.52. The summed E-state index contributed by atoms with van der Waals surface area (Å²) in [6.07, 6.45) is 1.64. The Morgan fingerprint density at radius 1 is 1.33 bits per heavy atom. The van der Waals surface area contributed by atoms with Crippen molar-refractivity contribution in [2.75, 3.05) is 24.8 Å². The number of carbonyl (C=O) groups excluding carboxylic acids is 1. The van der Waals surface area contributed by atoms with Gasteiger partial charge < -0.3 is 15.4 Å². The minimum Gasteiger partial charge on any atom is -0.496 e. The summed E-state index contributed by atoms with van der Waals surface area (Å²) < 4.78 is 5.95. The maximum Gasteiger partial charge on any atom is 0.259 e. The van der Waals surface area contributed by atoms with Gasteiger partial charge in [0.05, 0.1) is 12.7 Å². The molecule has 0 atom stereocenters. The molecule has 2 rings (SSSR count). The highest BCUT2D eigenvalue weighted by Gasteiger charge is 2.13. The van der Waals surface area contributed by atoms with Crippen LogP contribution in [0.5, 0.6) is 5.75 Å². The molecule has 2 N–H and O–H groups in total. The van der Waals surface area contributed by atoms with Crippen molar-refractivity contribution < 1.29 is 9.53 Å². The number of halogens is 1. The summed E-state index contributed by atoms with van der Waals surface area (Å²) in [7, 11) is 3.34. The highest BCUT2D eigenvalue weighted by Crippen LogP contribution is 2.23. The van der Waals surface area contributed by atoms with Crippen molar-refractivity contribution in [3.8, 4) is 5.75 Å². The molecule has 0 aliphatic rings. The Hall–Kier alpha value is -2.08. The lowest BCUT2D eigenvalue weighted by Crippen LogP contribution is -2.15. The summed E-state index contributed by atoms with van der Waals surface area (Å²) >= 11 is 3.32. The summed E-state index contributed by atoms with van der Waals surface area (Å²) in [5.74, 6) is 1.09. The van der Waals surface area contributed by atoms with Crippen LogP contribution in [0.2, 0.25) is 0 Å². The smallest absolute Gasteiger partial charge is 0.259 e. The van der Waals surface area contributed by atoms with Gasteiger partial charge in [0.1, 0.15) is 11.6 Å². The van der Waals surface area contributed by atoms with Crippen molar-refractivity contribution in [2.45, 2.75) is 6.92 Å². The molecule has 0 saturated carbocycles. The van der Waals surface area contributed by atoms with Crippen LogP contribution in [0.3, 0.4) is 0 Å². The van der Waals surface area contributed by atoms with Crippen LogP contribution < -0.4 is 15.4 Å². The highest BCUT2D eigenvalue weighted by atomic mass is 79.9. The summed E-state index contributed by atoms with van der Waals surface area (Å²) in [6.45, 7) is 1.92. The van der Waals surface area contributed by atoms with Crippen LogP contribution in [-0.4, -0.2) is 25.0 Å². The van der Waals surface area contributed by atoms with Crippen LogP contribution in [0.1, 0.15) is 15.9 Å². The number of pyridine rings is 1. The number of benzene rings is 1. The molecule has 2 aromatic rings. The van der Waals surface area contributed by atoms with Crippen LogP contribution in [0, 0.1) is 6.92 Å². The van der Waals surface area contributed by atoms with Gasteiger partial charge in [0, 0.05) is 23.4 Å². The van der Waals surface area contributed by atoms with Gasteiger partial charge in [-0.25, -0.2) is 4.98 Å². The van der Waals surface area contributed by atoms with Crippen molar-refractivity contribution in [3.05, 3.63) is 46.1 Å². The molecule has 1 aromatic heterocycles. The van der Waals surface area contributed by atoms with Crippen LogP contribution in [-0.2, 0) is 0 Å². The Labute approximate surface area is 131 Å². The van der Waals surface area contributed by atoms with E-state index in [1.54, 1.807) is 32.5 Å². The molecular weight excluding hydrogens is 334 g/mol. The first-order valence-corrected chi connectivity index (χ1v) is 7.13. The molecule has 21 heavy (non-hydrogen) atoms. The average molecular weight is 350 g/mol. The molecular formula is C15H16BrN3O2. The van der Waals surface area contributed by atoms with Gasteiger partial charge in [0.2, 0.25) is 0 Å². The molecule has 0 bridgehead atoms. The average Bonchev–Trinajstić information content (AvgIpc) is 2.47. The molecule has 1 amide bonds. The molecule has 0 unspecified atom stereocenters. The number of aryl methyl sites for hydroxylation is 1. The van der Waals surface area contributed by atoms with Gasteiger partial charge in [0.25, 0.3) is 5.91 Å². The number of hydrogen-bond donors (Lipinski definition) is 2. The van der Waals surface area contributed by atoms with Crippen LogP contribution in [0.15, 0.2) is 34.9 Å². The predicted octanol–water partition coefficient (Wildman–Crippen LogP) is 3.46. The fraction of sp³-hybridized carbons (Fsp3) is 0.200. The molecule has 5 nitrogen and oxygen atoms in total. The molecule has 1 aromatic carbocycles. The Morgan fingerprint density at radius 3 is 2.71 bits per heavy atom. The summed E-state index contributed by atoms with van der Waals surface area (Å²) in [5, 5.41) is 5.76. The fourth-order valence-corrected chi connectivity index (χ4v) is 2.30. The normalized spacial score (nSPS) is 10.1. The Balaban J connectivity index is 2.26. The van der Waals surface area contributed by atoms with E-state index in [9.17, 15) is 4.79 Å². The molecule has 1 heterocycles. The quantitative estimate of drug-likeness (QED) is 0.887. The zero-order valence-electron chi connectivity index (χ0n) is 12.0. The second-order valence-electron chi connectivity index (χ2n) is 4.44. The standard InChI is InChI=1S/C15H16BrN3O2/c1-9-6-11(4-5-13(9)21-3)19-15(20)12-7-10(16)8-18-14(12)17-2/h4-8H,1-3H3,(H,17,18)(H,19,20). The number of rotatable bonds is 4. The molecule has 6 heteroatoms. The number of nitrogens with zero attached hydrogens (tertiary/aromatic N) is 1. The van der Waals surface area contributed by atoms with E-state index in [2.05, 4.69) is 31.5 Å². The summed E-state index contributed by atoms with van der Waals surface area (Å²) in [4.78, 5) is 16.5. The number of hydrogen-bond acceptors (Lipinski definition) is 4. The topological polar surface area (TPSA) is 63.2 Å². The second-order valence-corrected chi connectivity index (χ2v) is 5.35. The van der Waals surface area contributed by atoms with E-state index >= 15 is 0 Å². The first-order valence-electron chi connectivity index (χ1n) is 6.34. The molecule has 0 aliphatic carbocycles. The lowest BCUT2D eigenvalue weighted by atomic mass is 10.2. The van der Waals surface area contributed by atoms with E-state index in [1.807, 2.05) is 19.1 Å². The largest absolute Gasteiger partial charge is 0.496 e. The van der Waals surface area contributed by atoms with Crippen molar-refractivity contribution in [1.82, 2.24) is 4.98 Å². The van der Waals surface area contributed by atoms with Gasteiger partial charge in [-0.15, -0.1) is 0 Å². The van der Waals surface area contributed by atoms with Crippen LogP contribution in [0.4, 0.5) is 11.5 Å². The lowest BCUT2D eigenvalue weighted by molar-refractivity contribution is 0.102. The Bertz CT molecular complexity index is 674. The molecule has 0 spiro atoms. The van der Waals surface area contributed by atoms with Gasteiger partial charge in [-0.2, -0.15) is 0 Å². The number of amides is 1. The number of anilines is 2. The zero-order chi connectivity index (χ0) is 15.4. The number of ether oxygens (including phenoxy) is 1. The zero-order valence-corrected chi connectivity index (χ0v) is 13.6. The van der Waals surface area contributed by atoms with Crippen molar-refractivity contribution >= 4 is 33.3 Å². The molecule has 110 valence electrons. The minimum absolute atomic E-state index is 0.224. The number of nitrogens with one attached hydrogen (secondary N) is 2. The van der Waals surface area contributed by atoms with E-state index < -0.39 is 0 Å². The SMILES string of the molecule is CNc1ncc(Br)cc1C(=O)Nc1ccc(OC)c(C)c1. The molecule has 0 radical (unpaired) electrons. The van der Waals surface area contributed by atoms with Crippen molar-refractivity contribution in [3.63, 3.8) is 0 Å². The van der Waals surface area contributed by atoms with E-state index in [0.29, 0.717) is 17.1 Å². The number of aromatic nitrogens is 1. The van der Waals surface area contributed by atoms with Gasteiger partial charge in [-0.05, 0) is 52.7 Å². The second kappa shape index (κ2) is 6.58. The van der Waals surface area contributed by atoms with Crippen molar-refractivity contribution in [1.29, 1.82) is 0 Å². The fourth-order valence-electron chi connectivity index (χ4n) is 1.97. The first kappa shape index (κ1) is 15.3. The van der Waals surface area contributed by atoms with Crippen LogP contribution in [0.25, 0.3) is 0 Å². The molecule has 0 saturated heterocycles. The van der Waals surface area contributed by atoms with E-state index in [-0.39, 0.29) is 5.91 Å². The Morgan fingerprint density at radius 2 is 2.10 bits per heavy atom. The van der Waals surface area contributed by atoms with Gasteiger partial charge in [-0.3, -0.25) is 4.79 Å². The lowest BCUT2D eigenvalue weighted by Gasteiger charge is -2.11. The molecule has 0 aliphatic heterocycles. The Kier molecular flexibility index (Phi) is 4.80. The van der Waals surface area contributed by atoms with Crippen LogP contribution >= 0.6 is 15.9 Å². The summed E-state index contributed by atoms with van der Waals surface area (Å²) in [5.41, 5.74) is 2.14. The monoisotopic (exact) mass is 349 g/mol. The van der Waals surface area contributed by atoms with Gasteiger partial charge in [0.15, 0.2) is 0 Å². The predicted molar refractivity (Wildman–Crippen MR) is 87.2 cm³/mol. The molecule has 0 fully saturated rings. The number of carbonyl (C=O) groups is 1. The van der Waals surface area contributed by atoms with Gasteiger partial charge in [-0.1, -0.05) is 0 Å². The summed E-state index contributed by atoms with van der Waals surface area (Å²) in [6, 6.07) is 7.21. The maximum absolute atomic E-state index is 12.4. The highest BCUT2D eigenvalue weighted by molar-refractivity contribution is 9.10. The van der Waals surface area contributed by atoms with E-state index in [0.717, 1.165) is 15.8 Å². The third-order valence-electron chi connectivity index (χ3n) is 2.99. The maximum atomic E-state index is 12.4. The van der Waals surface area contributed by atoms with E-state index in [1.165, 1.54) is 0 Å².